The zero-order chi connectivity index (χ0) is 23.7. The fourth-order valence-electron chi connectivity index (χ4n) is 4.16. The van der Waals surface area contributed by atoms with Crippen molar-refractivity contribution in [3.63, 3.8) is 0 Å². The number of carbonyl (C=O) groups is 1. The molecular formula is C24H26N8O2. The quantitative estimate of drug-likeness (QED) is 0.386. The Kier molecular flexibility index (Phi) is 5.72. The smallest absolute Gasteiger partial charge is 0.254 e. The molecular weight excluding hydrogens is 432 g/mol. The highest BCUT2D eigenvalue weighted by molar-refractivity contribution is 5.97. The van der Waals surface area contributed by atoms with E-state index < -0.39 is 5.91 Å². The van der Waals surface area contributed by atoms with Gasteiger partial charge < -0.3 is 30.4 Å². The van der Waals surface area contributed by atoms with Gasteiger partial charge in [-0.25, -0.2) is 9.97 Å². The molecule has 4 aromatic rings. The van der Waals surface area contributed by atoms with Crippen LogP contribution in [-0.2, 0) is 19.5 Å². The van der Waals surface area contributed by atoms with Gasteiger partial charge >= 0.3 is 0 Å². The summed E-state index contributed by atoms with van der Waals surface area (Å²) < 4.78 is 7.57. The molecule has 1 amide bonds. The number of anilines is 3. The van der Waals surface area contributed by atoms with Crippen molar-refractivity contribution in [2.45, 2.75) is 19.5 Å². The highest BCUT2D eigenvalue weighted by Gasteiger charge is 2.18. The van der Waals surface area contributed by atoms with E-state index in [0.29, 0.717) is 24.1 Å². The van der Waals surface area contributed by atoms with Crippen molar-refractivity contribution in [3.05, 3.63) is 71.3 Å². The van der Waals surface area contributed by atoms with Crippen LogP contribution < -0.4 is 21.1 Å². The number of benzene rings is 1. The van der Waals surface area contributed by atoms with Crippen molar-refractivity contribution in [1.82, 2.24) is 24.3 Å². The maximum absolute atomic E-state index is 12.0. The fourth-order valence-corrected chi connectivity index (χ4v) is 4.16. The summed E-state index contributed by atoms with van der Waals surface area (Å²) in [6.07, 6.45) is 6.11. The van der Waals surface area contributed by atoms with E-state index in [0.717, 1.165) is 36.5 Å². The maximum Gasteiger partial charge on any atom is 0.254 e. The van der Waals surface area contributed by atoms with Gasteiger partial charge in [0.2, 0.25) is 5.95 Å². The van der Waals surface area contributed by atoms with E-state index in [1.165, 1.54) is 17.3 Å². The Morgan fingerprint density at radius 2 is 2.09 bits per heavy atom. The van der Waals surface area contributed by atoms with Crippen LogP contribution in [0.25, 0.3) is 5.65 Å². The summed E-state index contributed by atoms with van der Waals surface area (Å²) in [4.78, 5) is 27.5. The molecule has 0 saturated heterocycles. The average molecular weight is 459 g/mol. The summed E-state index contributed by atoms with van der Waals surface area (Å²) in [5.74, 6) is 0.772. The first kappa shape index (κ1) is 21.7. The third kappa shape index (κ3) is 4.23. The molecule has 10 heteroatoms. The molecule has 0 spiro atoms. The highest BCUT2D eigenvalue weighted by Crippen LogP contribution is 2.33. The molecule has 0 atom stereocenters. The van der Waals surface area contributed by atoms with Gasteiger partial charge in [0.25, 0.3) is 5.91 Å². The molecule has 0 fully saturated rings. The van der Waals surface area contributed by atoms with Crippen molar-refractivity contribution in [1.29, 1.82) is 0 Å². The molecule has 0 bridgehead atoms. The molecule has 0 unspecified atom stereocenters. The van der Waals surface area contributed by atoms with Gasteiger partial charge in [0.1, 0.15) is 17.2 Å². The molecule has 174 valence electrons. The molecule has 1 aliphatic rings. The van der Waals surface area contributed by atoms with E-state index in [4.69, 9.17) is 10.5 Å². The molecule has 10 nitrogen and oxygen atoms in total. The Hall–Kier alpha value is -4.18. The second-order valence-corrected chi connectivity index (χ2v) is 8.29. The number of aromatic nitrogens is 4. The summed E-state index contributed by atoms with van der Waals surface area (Å²) in [6, 6.07) is 9.92. The third-order valence-electron chi connectivity index (χ3n) is 5.96. The van der Waals surface area contributed by atoms with E-state index in [-0.39, 0.29) is 5.56 Å². The minimum atomic E-state index is -0.610. The predicted octanol–water partition coefficient (Wildman–Crippen LogP) is 2.58. The number of nitrogens with two attached hydrogens (primary N) is 1. The van der Waals surface area contributed by atoms with Crippen molar-refractivity contribution in [2.75, 3.05) is 31.3 Å². The molecule has 5 rings (SSSR count). The number of ether oxygens (including phenoxy) is 1. The van der Waals surface area contributed by atoms with E-state index in [1.807, 2.05) is 28.8 Å². The van der Waals surface area contributed by atoms with Crippen LogP contribution in [0.1, 0.15) is 27.2 Å². The lowest BCUT2D eigenvalue weighted by Crippen LogP contribution is -2.26. The van der Waals surface area contributed by atoms with Crippen LogP contribution in [-0.4, -0.2) is 50.9 Å². The van der Waals surface area contributed by atoms with Gasteiger partial charge in [-0.15, -0.1) is 0 Å². The van der Waals surface area contributed by atoms with Gasteiger partial charge in [-0.2, -0.15) is 4.98 Å². The largest absolute Gasteiger partial charge is 0.495 e. The lowest BCUT2D eigenvalue weighted by atomic mass is 9.99. The lowest BCUT2D eigenvalue weighted by molar-refractivity contribution is 0.100. The third-order valence-corrected chi connectivity index (χ3v) is 5.96. The zero-order valence-corrected chi connectivity index (χ0v) is 19.1. The second kappa shape index (κ2) is 8.99. The molecule has 4 N–H and O–H groups in total. The van der Waals surface area contributed by atoms with Crippen LogP contribution in [0, 0.1) is 0 Å². The van der Waals surface area contributed by atoms with Crippen LogP contribution in [0.2, 0.25) is 0 Å². The number of hydrogen-bond acceptors (Lipinski definition) is 8. The monoisotopic (exact) mass is 458 g/mol. The Morgan fingerprint density at radius 1 is 1.21 bits per heavy atom. The SMILES string of the molecule is COc1cc2c(cc1Nc1ncc(C(N)=O)c(NCc3cnc4ccccn34)n1)CN(C)CC2. The minimum absolute atomic E-state index is 0.207. The highest BCUT2D eigenvalue weighted by atomic mass is 16.5. The Morgan fingerprint density at radius 3 is 2.91 bits per heavy atom. The Labute approximate surface area is 196 Å². The molecule has 34 heavy (non-hydrogen) atoms. The molecule has 0 radical (unpaired) electrons. The molecule has 0 aliphatic carbocycles. The normalized spacial score (nSPS) is 13.5. The number of imidazole rings is 1. The number of methoxy groups -OCH3 is 1. The van der Waals surface area contributed by atoms with Crippen molar-refractivity contribution in [2.24, 2.45) is 5.73 Å². The Balaban J connectivity index is 1.43. The van der Waals surface area contributed by atoms with Gasteiger partial charge in [0.05, 0.1) is 36.8 Å². The van der Waals surface area contributed by atoms with Crippen LogP contribution in [0.4, 0.5) is 17.5 Å². The summed E-state index contributed by atoms with van der Waals surface area (Å²) in [5.41, 5.74) is 10.8. The molecule has 4 heterocycles. The number of nitrogens with one attached hydrogen (secondary N) is 2. The zero-order valence-electron chi connectivity index (χ0n) is 19.1. The number of likely N-dealkylation sites (N-methyl/N-ethyl adjacent to an activating group) is 1. The summed E-state index contributed by atoms with van der Waals surface area (Å²) in [7, 11) is 3.75. The number of fused-ring (bicyclic) bond motifs is 2. The molecule has 0 saturated carbocycles. The average Bonchev–Trinajstić information content (AvgIpc) is 3.25. The molecule has 1 aromatic carbocycles. The number of nitrogens with zero attached hydrogens (tertiary/aromatic N) is 5. The summed E-state index contributed by atoms with van der Waals surface area (Å²) in [5, 5.41) is 6.45. The number of amides is 1. The van der Waals surface area contributed by atoms with Gasteiger partial charge in [-0.05, 0) is 48.9 Å². The summed E-state index contributed by atoms with van der Waals surface area (Å²) >= 11 is 0. The van der Waals surface area contributed by atoms with Gasteiger partial charge in [-0.3, -0.25) is 4.79 Å². The molecule has 3 aromatic heterocycles. The van der Waals surface area contributed by atoms with E-state index in [2.05, 4.69) is 49.7 Å². The van der Waals surface area contributed by atoms with Crippen LogP contribution in [0.5, 0.6) is 5.75 Å². The van der Waals surface area contributed by atoms with Crippen molar-refractivity contribution >= 4 is 29.0 Å². The standard InChI is InChI=1S/C24H26N8O2/c1-31-8-6-15-10-20(34-2)19(9-16(15)14-31)29-24-28-13-18(22(25)33)23(30-24)27-12-17-11-26-21-5-3-4-7-32(17)21/h3-5,7,9-11,13H,6,8,12,14H2,1-2H3,(H2,25,33)(H2,27,28,29,30). The van der Waals surface area contributed by atoms with Crippen LogP contribution in [0.3, 0.4) is 0 Å². The maximum atomic E-state index is 12.0. The van der Waals surface area contributed by atoms with Gasteiger partial charge in [0.15, 0.2) is 0 Å². The molecule has 1 aliphatic heterocycles. The first-order valence-electron chi connectivity index (χ1n) is 11.0. The Bertz CT molecular complexity index is 1370. The van der Waals surface area contributed by atoms with Gasteiger partial charge in [-0.1, -0.05) is 6.07 Å². The topological polar surface area (TPSA) is 123 Å². The first-order chi connectivity index (χ1) is 16.5. The number of rotatable bonds is 7. The minimum Gasteiger partial charge on any atom is -0.495 e. The number of carbonyl (C=O) groups excluding carboxylic acids is 1. The van der Waals surface area contributed by atoms with E-state index >= 15 is 0 Å². The summed E-state index contributed by atoms with van der Waals surface area (Å²) in [6.45, 7) is 2.28. The van der Waals surface area contributed by atoms with E-state index in [9.17, 15) is 4.79 Å². The van der Waals surface area contributed by atoms with Gasteiger partial charge in [0, 0.05) is 25.5 Å². The number of pyridine rings is 1. The van der Waals surface area contributed by atoms with Crippen molar-refractivity contribution in [3.8, 4) is 5.75 Å². The number of hydrogen-bond donors (Lipinski definition) is 3. The fraction of sp³-hybridized carbons (Fsp3) is 0.250. The van der Waals surface area contributed by atoms with Crippen LogP contribution in [0.15, 0.2) is 48.9 Å². The van der Waals surface area contributed by atoms with E-state index in [1.54, 1.807) is 13.3 Å². The first-order valence-corrected chi connectivity index (χ1v) is 11.0. The van der Waals surface area contributed by atoms with Crippen LogP contribution >= 0.6 is 0 Å². The van der Waals surface area contributed by atoms with Crippen molar-refractivity contribution < 1.29 is 9.53 Å². The number of primary amides is 1. The lowest BCUT2D eigenvalue weighted by Gasteiger charge is -2.26. The predicted molar refractivity (Wildman–Crippen MR) is 129 cm³/mol. The second-order valence-electron chi connectivity index (χ2n) is 8.29.